The highest BCUT2D eigenvalue weighted by atomic mass is 35.5. The predicted octanol–water partition coefficient (Wildman–Crippen LogP) is 3.02. The summed E-state index contributed by atoms with van der Waals surface area (Å²) in [6, 6.07) is 7.61. The summed E-state index contributed by atoms with van der Waals surface area (Å²) in [6.45, 7) is 1.15. The number of benzene rings is 1. The normalized spacial score (nSPS) is 11.4. The summed E-state index contributed by atoms with van der Waals surface area (Å²) < 4.78 is 28.9. The Morgan fingerprint density at radius 1 is 1.12 bits per heavy atom. The molecule has 0 atom stereocenters. The Balaban J connectivity index is 1.74. The van der Waals surface area contributed by atoms with Crippen LogP contribution in [0, 0.1) is 6.92 Å². The Hall–Kier alpha value is -2.50. The number of aryl methyl sites for hydroxylation is 1. The summed E-state index contributed by atoms with van der Waals surface area (Å²) in [6.07, 6.45) is 2.57. The van der Waals surface area contributed by atoms with Crippen LogP contribution >= 0.6 is 34.8 Å². The maximum Gasteiger partial charge on any atom is 0.287 e. The fourth-order valence-electron chi connectivity index (χ4n) is 2.62. The number of aromatic nitrogens is 3. The van der Waals surface area contributed by atoms with Crippen molar-refractivity contribution in [2.24, 2.45) is 0 Å². The minimum atomic E-state index is -3.91. The van der Waals surface area contributed by atoms with Gasteiger partial charge in [-0.05, 0) is 36.8 Å². The average Bonchev–Trinajstić information content (AvgIpc) is 2.75. The van der Waals surface area contributed by atoms with E-state index in [0.29, 0.717) is 16.3 Å². The van der Waals surface area contributed by atoms with Gasteiger partial charge in [-0.2, -0.15) is 5.10 Å². The number of hydrogen-bond donors (Lipinski definition) is 2. The van der Waals surface area contributed by atoms with Gasteiger partial charge in [0.05, 0.1) is 33.4 Å². The van der Waals surface area contributed by atoms with Gasteiger partial charge in [0.2, 0.25) is 15.9 Å². The number of hydrogen-bond acceptors (Lipinski definition) is 6. The van der Waals surface area contributed by atoms with Gasteiger partial charge in [-0.15, -0.1) is 0 Å². The number of carbonyl (C=O) groups is 1. The maximum atomic E-state index is 12.8. The molecular weight excluding hydrogens is 501 g/mol. The molecule has 1 aromatic carbocycles. The molecule has 168 valence electrons. The van der Waals surface area contributed by atoms with E-state index in [-0.39, 0.29) is 27.2 Å². The number of nitrogens with zero attached hydrogens (tertiary/aromatic N) is 3. The minimum Gasteiger partial charge on any atom is -0.324 e. The van der Waals surface area contributed by atoms with E-state index in [1.165, 1.54) is 18.3 Å². The molecule has 2 aromatic heterocycles. The fourth-order valence-corrected chi connectivity index (χ4v) is 4.27. The van der Waals surface area contributed by atoms with Crippen molar-refractivity contribution in [3.8, 4) is 0 Å². The Kier molecular flexibility index (Phi) is 7.52. The number of nitrogens with one attached hydrogen (secondary N) is 2. The van der Waals surface area contributed by atoms with Crippen LogP contribution in [0.15, 0.2) is 52.4 Å². The van der Waals surface area contributed by atoms with Crippen LogP contribution in [0.5, 0.6) is 0 Å². The smallest absolute Gasteiger partial charge is 0.287 e. The average molecular weight is 517 g/mol. The van der Waals surface area contributed by atoms with Crippen molar-refractivity contribution in [1.29, 1.82) is 0 Å². The number of anilines is 1. The first-order chi connectivity index (χ1) is 15.1. The highest BCUT2D eigenvalue weighted by Gasteiger charge is 2.18. The van der Waals surface area contributed by atoms with Crippen LogP contribution in [-0.2, 0) is 27.9 Å². The molecule has 1 amide bonds. The van der Waals surface area contributed by atoms with Crippen molar-refractivity contribution in [1.82, 2.24) is 19.5 Å². The van der Waals surface area contributed by atoms with Gasteiger partial charge in [-0.25, -0.2) is 17.8 Å². The molecule has 13 heteroatoms. The molecule has 0 spiro atoms. The van der Waals surface area contributed by atoms with Gasteiger partial charge < -0.3 is 5.32 Å². The van der Waals surface area contributed by atoms with Crippen molar-refractivity contribution >= 4 is 56.4 Å². The van der Waals surface area contributed by atoms with Gasteiger partial charge in [0.15, 0.2) is 0 Å². The number of carbonyl (C=O) groups excluding carboxylic acids is 1. The third-order valence-corrected chi connectivity index (χ3v) is 6.74. The van der Waals surface area contributed by atoms with Crippen LogP contribution in [0.1, 0.15) is 11.3 Å². The first-order valence-corrected chi connectivity index (χ1v) is 11.6. The number of amides is 1. The van der Waals surface area contributed by atoms with Crippen molar-refractivity contribution in [3.05, 3.63) is 79.4 Å². The van der Waals surface area contributed by atoms with Crippen LogP contribution in [0.2, 0.25) is 15.1 Å². The second-order valence-electron chi connectivity index (χ2n) is 6.59. The quantitative estimate of drug-likeness (QED) is 0.498. The highest BCUT2D eigenvalue weighted by Crippen LogP contribution is 2.21. The second-order valence-corrected chi connectivity index (χ2v) is 9.55. The van der Waals surface area contributed by atoms with Crippen LogP contribution in [0.4, 0.5) is 5.69 Å². The van der Waals surface area contributed by atoms with E-state index in [1.54, 1.807) is 25.1 Å². The molecule has 0 aliphatic rings. The van der Waals surface area contributed by atoms with Crippen molar-refractivity contribution < 1.29 is 13.2 Å². The molecule has 32 heavy (non-hydrogen) atoms. The molecule has 3 rings (SSSR count). The molecule has 3 aromatic rings. The molecule has 0 bridgehead atoms. The monoisotopic (exact) mass is 515 g/mol. The molecule has 2 N–H and O–H groups in total. The zero-order valence-corrected chi connectivity index (χ0v) is 19.6. The lowest BCUT2D eigenvalue weighted by atomic mass is 10.2. The van der Waals surface area contributed by atoms with E-state index < -0.39 is 28.0 Å². The molecule has 2 heterocycles. The zero-order chi connectivity index (χ0) is 23.5. The minimum absolute atomic E-state index is 0.0194. The lowest BCUT2D eigenvalue weighted by molar-refractivity contribution is -0.117. The van der Waals surface area contributed by atoms with Crippen LogP contribution in [0.3, 0.4) is 0 Å². The van der Waals surface area contributed by atoms with E-state index in [2.05, 4.69) is 20.1 Å². The molecule has 0 aliphatic carbocycles. The van der Waals surface area contributed by atoms with Gasteiger partial charge >= 0.3 is 0 Å². The van der Waals surface area contributed by atoms with Crippen LogP contribution < -0.4 is 15.6 Å². The molecular formula is C19H16Cl3N5O4S. The summed E-state index contributed by atoms with van der Waals surface area (Å²) in [4.78, 5) is 28.4. The zero-order valence-electron chi connectivity index (χ0n) is 16.5. The number of rotatable bonds is 7. The molecule has 0 fully saturated rings. The van der Waals surface area contributed by atoms with Gasteiger partial charge in [-0.1, -0.05) is 40.9 Å². The van der Waals surface area contributed by atoms with E-state index in [4.69, 9.17) is 34.8 Å². The summed E-state index contributed by atoms with van der Waals surface area (Å²) >= 11 is 17.3. The Bertz CT molecular complexity index is 1330. The molecule has 0 radical (unpaired) electrons. The summed E-state index contributed by atoms with van der Waals surface area (Å²) in [7, 11) is -3.91. The topological polar surface area (TPSA) is 123 Å². The lowest BCUT2D eigenvalue weighted by Crippen LogP contribution is -2.30. The molecule has 9 nitrogen and oxygen atoms in total. The molecule has 0 unspecified atom stereocenters. The fraction of sp³-hybridized carbons (Fsp3) is 0.158. The van der Waals surface area contributed by atoms with Crippen LogP contribution in [0.25, 0.3) is 0 Å². The van der Waals surface area contributed by atoms with Gasteiger partial charge in [-0.3, -0.25) is 14.6 Å². The predicted molar refractivity (Wildman–Crippen MR) is 122 cm³/mol. The Morgan fingerprint density at radius 3 is 2.56 bits per heavy atom. The van der Waals surface area contributed by atoms with Gasteiger partial charge in [0.1, 0.15) is 11.6 Å². The summed E-state index contributed by atoms with van der Waals surface area (Å²) in [5.41, 5.74) is 0.460. The highest BCUT2D eigenvalue weighted by molar-refractivity contribution is 7.89. The largest absolute Gasteiger partial charge is 0.324 e. The maximum absolute atomic E-state index is 12.8. The van der Waals surface area contributed by atoms with Gasteiger partial charge in [0.25, 0.3) is 5.56 Å². The third kappa shape index (κ3) is 5.84. The molecule has 0 saturated carbocycles. The standard InChI is InChI=1S/C19H16Cl3N5O4S/c1-11-2-4-13(26-17(28)10-27-19(29)18(22)15(21)9-24-27)6-16(11)32(30,31)25-8-14-5-3-12(20)7-23-14/h2-7,9,25H,8,10H2,1H3,(H,26,28). The Labute approximate surface area is 198 Å². The number of halogens is 3. The van der Waals surface area contributed by atoms with Crippen LogP contribution in [-0.4, -0.2) is 29.1 Å². The summed E-state index contributed by atoms with van der Waals surface area (Å²) in [5.74, 6) is -0.608. The first-order valence-electron chi connectivity index (χ1n) is 8.98. The van der Waals surface area contributed by atoms with Gasteiger partial charge in [0, 0.05) is 11.9 Å². The summed E-state index contributed by atoms with van der Waals surface area (Å²) in [5, 5.41) is 6.46. The van der Waals surface area contributed by atoms with E-state index >= 15 is 0 Å². The SMILES string of the molecule is Cc1ccc(NC(=O)Cn2ncc(Cl)c(Cl)c2=O)cc1S(=O)(=O)NCc1ccc(Cl)cn1. The van der Waals surface area contributed by atoms with Crippen molar-refractivity contribution in [3.63, 3.8) is 0 Å². The number of sulfonamides is 1. The van der Waals surface area contributed by atoms with E-state index in [1.807, 2.05) is 0 Å². The third-order valence-electron chi connectivity index (χ3n) is 4.23. The van der Waals surface area contributed by atoms with E-state index in [9.17, 15) is 18.0 Å². The number of pyridine rings is 1. The molecule has 0 aliphatic heterocycles. The lowest BCUT2D eigenvalue weighted by Gasteiger charge is -2.12. The Morgan fingerprint density at radius 2 is 1.88 bits per heavy atom. The first kappa shape index (κ1) is 24.1. The van der Waals surface area contributed by atoms with Crippen molar-refractivity contribution in [2.75, 3.05) is 5.32 Å². The molecule has 0 saturated heterocycles. The second kappa shape index (κ2) is 9.97. The van der Waals surface area contributed by atoms with E-state index in [0.717, 1.165) is 10.9 Å². The van der Waals surface area contributed by atoms with Crippen molar-refractivity contribution in [2.45, 2.75) is 24.9 Å².